The van der Waals surface area contributed by atoms with E-state index < -0.39 is 15.9 Å². The number of nitrogens with one attached hydrogen (secondary N) is 1. The van der Waals surface area contributed by atoms with Crippen molar-refractivity contribution >= 4 is 21.6 Å². The number of ether oxygens (including phenoxy) is 2. The molecule has 0 aliphatic heterocycles. The van der Waals surface area contributed by atoms with Crippen LogP contribution in [0, 0.1) is 0 Å². The molecule has 0 heterocycles. The van der Waals surface area contributed by atoms with Crippen molar-refractivity contribution in [2.45, 2.75) is 17.9 Å². The number of hydrogen-bond acceptors (Lipinski definition) is 5. The summed E-state index contributed by atoms with van der Waals surface area (Å²) in [7, 11) is -0.901. The summed E-state index contributed by atoms with van der Waals surface area (Å²) in [5.74, 6) is 0.767. The lowest BCUT2D eigenvalue weighted by Gasteiger charge is -2.25. The standard InChI is InChI=1S/C24H26N2O5S/c1-18(19-12-14-21(30-2)15-13-19)25-24(27)17-26(20-8-7-9-22(16-20)31-3)32(28,29)23-10-5-4-6-11-23/h4-16,18H,17H2,1-3H3,(H,25,27)/t18-/m0/s1. The lowest BCUT2D eigenvalue weighted by atomic mass is 10.1. The molecule has 0 aliphatic rings. The van der Waals surface area contributed by atoms with E-state index in [9.17, 15) is 13.2 Å². The van der Waals surface area contributed by atoms with Crippen molar-refractivity contribution < 1.29 is 22.7 Å². The van der Waals surface area contributed by atoms with Crippen LogP contribution in [0.3, 0.4) is 0 Å². The second kappa shape index (κ2) is 10.2. The van der Waals surface area contributed by atoms with E-state index >= 15 is 0 Å². The van der Waals surface area contributed by atoms with Gasteiger partial charge in [-0.2, -0.15) is 0 Å². The lowest BCUT2D eigenvalue weighted by Crippen LogP contribution is -2.41. The van der Waals surface area contributed by atoms with Gasteiger partial charge in [0.25, 0.3) is 10.0 Å². The van der Waals surface area contributed by atoms with Gasteiger partial charge in [-0.15, -0.1) is 0 Å². The number of carbonyl (C=O) groups excluding carboxylic acids is 1. The van der Waals surface area contributed by atoms with Crippen molar-refractivity contribution in [3.8, 4) is 11.5 Å². The molecule has 0 unspecified atom stereocenters. The minimum absolute atomic E-state index is 0.0961. The molecule has 7 nitrogen and oxygen atoms in total. The third kappa shape index (κ3) is 5.39. The Hall–Kier alpha value is -3.52. The molecule has 0 saturated heterocycles. The van der Waals surface area contributed by atoms with Crippen LogP contribution in [0.4, 0.5) is 5.69 Å². The van der Waals surface area contributed by atoms with Gasteiger partial charge in [-0.3, -0.25) is 9.10 Å². The van der Waals surface area contributed by atoms with Gasteiger partial charge in [-0.25, -0.2) is 8.42 Å². The van der Waals surface area contributed by atoms with Crippen LogP contribution >= 0.6 is 0 Å². The highest BCUT2D eigenvalue weighted by molar-refractivity contribution is 7.92. The van der Waals surface area contributed by atoms with Gasteiger partial charge >= 0.3 is 0 Å². The van der Waals surface area contributed by atoms with Crippen LogP contribution in [-0.4, -0.2) is 35.1 Å². The third-order valence-corrected chi connectivity index (χ3v) is 6.74. The molecule has 0 aliphatic carbocycles. The van der Waals surface area contributed by atoms with E-state index in [0.717, 1.165) is 9.87 Å². The number of methoxy groups -OCH3 is 2. The van der Waals surface area contributed by atoms with Crippen molar-refractivity contribution in [2.75, 3.05) is 25.1 Å². The summed E-state index contributed by atoms with van der Waals surface area (Å²) in [4.78, 5) is 13.0. The molecule has 1 amide bonds. The molecule has 168 valence electrons. The van der Waals surface area contributed by atoms with Crippen LogP contribution < -0.4 is 19.1 Å². The highest BCUT2D eigenvalue weighted by Crippen LogP contribution is 2.27. The number of anilines is 1. The highest BCUT2D eigenvalue weighted by Gasteiger charge is 2.28. The molecular weight excluding hydrogens is 428 g/mol. The Bertz CT molecular complexity index is 1150. The number of hydrogen-bond donors (Lipinski definition) is 1. The predicted octanol–water partition coefficient (Wildman–Crippen LogP) is 3.78. The first-order valence-electron chi connectivity index (χ1n) is 10.0. The Morgan fingerprint density at radius 3 is 2.19 bits per heavy atom. The second-order valence-corrected chi connectivity index (χ2v) is 8.95. The predicted molar refractivity (Wildman–Crippen MR) is 124 cm³/mol. The van der Waals surface area contributed by atoms with Gasteiger partial charge in [0.2, 0.25) is 5.91 Å². The van der Waals surface area contributed by atoms with E-state index in [1.165, 1.54) is 19.2 Å². The summed E-state index contributed by atoms with van der Waals surface area (Å²) in [6.45, 7) is 1.45. The summed E-state index contributed by atoms with van der Waals surface area (Å²) in [5, 5.41) is 2.87. The van der Waals surface area contributed by atoms with Crippen LogP contribution in [0.2, 0.25) is 0 Å². The van der Waals surface area contributed by atoms with Crippen molar-refractivity contribution in [1.29, 1.82) is 0 Å². The molecule has 8 heteroatoms. The quantitative estimate of drug-likeness (QED) is 0.532. The maximum Gasteiger partial charge on any atom is 0.264 e. The largest absolute Gasteiger partial charge is 0.497 e. The second-order valence-electron chi connectivity index (χ2n) is 7.09. The number of rotatable bonds is 9. The number of amides is 1. The van der Waals surface area contributed by atoms with Crippen LogP contribution in [0.25, 0.3) is 0 Å². The van der Waals surface area contributed by atoms with Crippen molar-refractivity contribution in [3.05, 3.63) is 84.4 Å². The molecule has 1 N–H and O–H groups in total. The molecule has 3 rings (SSSR count). The Morgan fingerprint density at radius 2 is 1.56 bits per heavy atom. The van der Waals surface area contributed by atoms with Gasteiger partial charge in [0.05, 0.1) is 30.8 Å². The maximum absolute atomic E-state index is 13.4. The Labute approximate surface area is 188 Å². The topological polar surface area (TPSA) is 84.9 Å². The average molecular weight is 455 g/mol. The molecule has 3 aromatic rings. The van der Waals surface area contributed by atoms with Crippen LogP contribution in [0.15, 0.2) is 83.8 Å². The zero-order chi connectivity index (χ0) is 23.1. The summed E-state index contributed by atoms with van der Waals surface area (Å²) in [5.41, 5.74) is 1.21. The van der Waals surface area contributed by atoms with E-state index in [-0.39, 0.29) is 17.5 Å². The first-order chi connectivity index (χ1) is 15.3. The zero-order valence-corrected chi connectivity index (χ0v) is 19.0. The Balaban J connectivity index is 1.87. The number of benzene rings is 3. The van der Waals surface area contributed by atoms with Crippen molar-refractivity contribution in [3.63, 3.8) is 0 Å². The van der Waals surface area contributed by atoms with E-state index in [4.69, 9.17) is 9.47 Å². The molecule has 32 heavy (non-hydrogen) atoms. The van der Waals surface area contributed by atoms with Gasteiger partial charge in [0.15, 0.2) is 0 Å². The van der Waals surface area contributed by atoms with Crippen LogP contribution in [-0.2, 0) is 14.8 Å². The van der Waals surface area contributed by atoms with E-state index in [0.29, 0.717) is 17.2 Å². The minimum Gasteiger partial charge on any atom is -0.497 e. The molecule has 0 saturated carbocycles. The van der Waals surface area contributed by atoms with Gasteiger partial charge < -0.3 is 14.8 Å². The first-order valence-corrected chi connectivity index (χ1v) is 11.4. The average Bonchev–Trinajstić information content (AvgIpc) is 2.83. The van der Waals surface area contributed by atoms with E-state index in [1.54, 1.807) is 61.7 Å². The fourth-order valence-electron chi connectivity index (χ4n) is 3.19. The monoisotopic (exact) mass is 454 g/mol. The van der Waals surface area contributed by atoms with E-state index in [2.05, 4.69) is 5.32 Å². The van der Waals surface area contributed by atoms with Gasteiger partial charge in [-0.1, -0.05) is 36.4 Å². The molecule has 1 atom stereocenters. The summed E-state index contributed by atoms with van der Waals surface area (Å²) in [6, 6.07) is 21.6. The number of sulfonamides is 1. The minimum atomic E-state index is -3.98. The van der Waals surface area contributed by atoms with Crippen LogP contribution in [0.5, 0.6) is 11.5 Å². The molecule has 0 fully saturated rings. The Morgan fingerprint density at radius 1 is 0.906 bits per heavy atom. The van der Waals surface area contributed by atoms with Crippen LogP contribution in [0.1, 0.15) is 18.5 Å². The van der Waals surface area contributed by atoms with E-state index in [1.807, 2.05) is 19.1 Å². The Kier molecular flexibility index (Phi) is 7.37. The summed E-state index contributed by atoms with van der Waals surface area (Å²) >= 11 is 0. The molecular formula is C24H26N2O5S. The molecule has 0 radical (unpaired) electrons. The summed E-state index contributed by atoms with van der Waals surface area (Å²) < 4.78 is 38.3. The normalized spacial score (nSPS) is 12.0. The number of nitrogens with zero attached hydrogens (tertiary/aromatic N) is 1. The molecule has 0 spiro atoms. The zero-order valence-electron chi connectivity index (χ0n) is 18.2. The smallest absolute Gasteiger partial charge is 0.264 e. The summed E-state index contributed by atoms with van der Waals surface area (Å²) in [6.07, 6.45) is 0. The molecule has 3 aromatic carbocycles. The number of carbonyl (C=O) groups is 1. The SMILES string of the molecule is COc1ccc([C@H](C)NC(=O)CN(c2cccc(OC)c2)S(=O)(=O)c2ccccc2)cc1. The fraction of sp³-hybridized carbons (Fsp3) is 0.208. The lowest BCUT2D eigenvalue weighted by molar-refractivity contribution is -0.120. The highest BCUT2D eigenvalue weighted by atomic mass is 32.2. The van der Waals surface area contributed by atoms with Crippen molar-refractivity contribution in [1.82, 2.24) is 5.32 Å². The van der Waals surface area contributed by atoms with Gasteiger partial charge in [-0.05, 0) is 48.9 Å². The first kappa shape index (κ1) is 23.1. The third-order valence-electron chi connectivity index (χ3n) is 4.95. The fourth-order valence-corrected chi connectivity index (χ4v) is 4.63. The molecule has 0 bridgehead atoms. The van der Waals surface area contributed by atoms with Gasteiger partial charge in [0.1, 0.15) is 18.0 Å². The molecule has 0 aromatic heterocycles. The van der Waals surface area contributed by atoms with Gasteiger partial charge in [0, 0.05) is 6.07 Å². The maximum atomic E-state index is 13.4. The van der Waals surface area contributed by atoms with Crippen molar-refractivity contribution in [2.24, 2.45) is 0 Å².